The summed E-state index contributed by atoms with van der Waals surface area (Å²) in [6, 6.07) is 8.92. The number of hydrogen-bond acceptors (Lipinski definition) is 6. The van der Waals surface area contributed by atoms with E-state index in [-0.39, 0.29) is 17.1 Å². The number of likely N-dealkylation sites (tertiary alicyclic amines) is 1. The van der Waals surface area contributed by atoms with E-state index in [0.29, 0.717) is 29.4 Å². The number of rotatable bonds is 9. The molecule has 6 heteroatoms. The SMILES string of the molecule is COc1cc(/C=C/C(=O)c2ccc3c(c2O)C=CC(C)(C)O3)ccc1OCCCN1CCC(C)CC1. The molecular weight excluding hydrogens is 454 g/mol. The summed E-state index contributed by atoms with van der Waals surface area (Å²) in [6.45, 7) is 10.2. The predicted molar refractivity (Wildman–Crippen MR) is 143 cm³/mol. The fourth-order valence-electron chi connectivity index (χ4n) is 4.56. The fourth-order valence-corrected chi connectivity index (χ4v) is 4.56. The van der Waals surface area contributed by atoms with Gasteiger partial charge in [0.15, 0.2) is 17.3 Å². The molecule has 0 aromatic heterocycles. The van der Waals surface area contributed by atoms with Crippen LogP contribution in [0.2, 0.25) is 0 Å². The number of nitrogens with zero attached hydrogens (tertiary/aromatic N) is 1. The Labute approximate surface area is 214 Å². The lowest BCUT2D eigenvalue weighted by Gasteiger charge is -2.30. The molecule has 2 aliphatic rings. The van der Waals surface area contributed by atoms with Crippen molar-refractivity contribution in [3.8, 4) is 23.0 Å². The molecule has 36 heavy (non-hydrogen) atoms. The topological polar surface area (TPSA) is 68.2 Å². The summed E-state index contributed by atoms with van der Waals surface area (Å²) in [5, 5.41) is 10.7. The zero-order valence-corrected chi connectivity index (χ0v) is 21.8. The summed E-state index contributed by atoms with van der Waals surface area (Å²) in [5.41, 5.74) is 1.10. The number of ketones is 1. The fraction of sp³-hybridized carbons (Fsp3) is 0.433. The van der Waals surface area contributed by atoms with Crippen LogP contribution in [0.25, 0.3) is 12.2 Å². The Hall–Kier alpha value is -3.25. The normalized spacial score (nSPS) is 17.6. The third-order valence-electron chi connectivity index (χ3n) is 6.83. The maximum atomic E-state index is 12.8. The smallest absolute Gasteiger partial charge is 0.189 e. The highest BCUT2D eigenvalue weighted by Gasteiger charge is 2.25. The summed E-state index contributed by atoms with van der Waals surface area (Å²) in [6.07, 6.45) is 10.3. The van der Waals surface area contributed by atoms with Crippen LogP contribution in [0.3, 0.4) is 0 Å². The van der Waals surface area contributed by atoms with Crippen molar-refractivity contribution in [1.29, 1.82) is 0 Å². The molecule has 0 radical (unpaired) electrons. The zero-order chi connectivity index (χ0) is 25.7. The van der Waals surface area contributed by atoms with Gasteiger partial charge in [0.1, 0.15) is 17.1 Å². The maximum absolute atomic E-state index is 12.8. The molecule has 0 bridgehead atoms. The molecule has 6 nitrogen and oxygen atoms in total. The Bertz CT molecular complexity index is 1140. The van der Waals surface area contributed by atoms with Crippen molar-refractivity contribution in [3.63, 3.8) is 0 Å². The van der Waals surface area contributed by atoms with Gasteiger partial charge >= 0.3 is 0 Å². The highest BCUT2D eigenvalue weighted by atomic mass is 16.5. The summed E-state index contributed by atoms with van der Waals surface area (Å²) in [5.74, 6) is 2.35. The number of carbonyl (C=O) groups is 1. The average molecular weight is 492 g/mol. The Balaban J connectivity index is 1.35. The number of phenolic OH excluding ortho intramolecular Hbond substituents is 1. The maximum Gasteiger partial charge on any atom is 0.189 e. The molecule has 0 aliphatic carbocycles. The van der Waals surface area contributed by atoms with Crippen LogP contribution < -0.4 is 14.2 Å². The molecule has 0 amide bonds. The minimum Gasteiger partial charge on any atom is -0.506 e. The molecular formula is C30H37NO5. The van der Waals surface area contributed by atoms with Gasteiger partial charge in [-0.25, -0.2) is 0 Å². The van der Waals surface area contributed by atoms with E-state index in [1.54, 1.807) is 31.4 Å². The number of fused-ring (bicyclic) bond motifs is 1. The van der Waals surface area contributed by atoms with E-state index in [4.69, 9.17) is 14.2 Å². The van der Waals surface area contributed by atoms with Crippen LogP contribution in [-0.2, 0) is 0 Å². The van der Waals surface area contributed by atoms with E-state index >= 15 is 0 Å². The van der Waals surface area contributed by atoms with Gasteiger partial charge < -0.3 is 24.2 Å². The second-order valence-corrected chi connectivity index (χ2v) is 10.2. The molecule has 192 valence electrons. The van der Waals surface area contributed by atoms with Gasteiger partial charge in [-0.1, -0.05) is 19.1 Å². The highest BCUT2D eigenvalue weighted by molar-refractivity contribution is 6.09. The average Bonchev–Trinajstić information content (AvgIpc) is 2.86. The van der Waals surface area contributed by atoms with Gasteiger partial charge in [0.05, 0.1) is 24.8 Å². The Morgan fingerprint density at radius 2 is 1.97 bits per heavy atom. The van der Waals surface area contributed by atoms with Gasteiger partial charge in [-0.05, 0) is 100 Å². The molecule has 1 N–H and O–H groups in total. The van der Waals surface area contributed by atoms with Crippen LogP contribution in [0.5, 0.6) is 23.0 Å². The summed E-state index contributed by atoms with van der Waals surface area (Å²) >= 11 is 0. The van der Waals surface area contributed by atoms with Crippen molar-refractivity contribution in [3.05, 3.63) is 59.2 Å². The molecule has 0 spiro atoms. The van der Waals surface area contributed by atoms with Crippen LogP contribution in [0.1, 0.15) is 61.5 Å². The quantitative estimate of drug-likeness (QED) is 0.264. The number of phenols is 1. The lowest BCUT2D eigenvalue weighted by atomic mass is 9.98. The molecule has 1 fully saturated rings. The van der Waals surface area contributed by atoms with E-state index in [1.165, 1.54) is 32.0 Å². The Morgan fingerprint density at radius 3 is 2.72 bits per heavy atom. The summed E-state index contributed by atoms with van der Waals surface area (Å²) in [4.78, 5) is 15.3. The first-order chi connectivity index (χ1) is 17.3. The lowest BCUT2D eigenvalue weighted by molar-refractivity contribution is 0.104. The number of allylic oxidation sites excluding steroid dienone is 1. The molecule has 0 unspecified atom stereocenters. The Kier molecular flexibility index (Phi) is 8.04. The van der Waals surface area contributed by atoms with Crippen molar-refractivity contribution < 1.29 is 24.1 Å². The number of piperidine rings is 1. The zero-order valence-electron chi connectivity index (χ0n) is 21.8. The van der Waals surface area contributed by atoms with Crippen molar-refractivity contribution in [2.45, 2.75) is 45.6 Å². The lowest BCUT2D eigenvalue weighted by Crippen LogP contribution is -2.34. The number of ether oxygens (including phenoxy) is 3. The van der Waals surface area contributed by atoms with Gasteiger partial charge in [-0.15, -0.1) is 0 Å². The van der Waals surface area contributed by atoms with E-state index in [1.807, 2.05) is 38.1 Å². The summed E-state index contributed by atoms with van der Waals surface area (Å²) < 4.78 is 17.4. The minimum absolute atomic E-state index is 0.0747. The highest BCUT2D eigenvalue weighted by Crippen LogP contribution is 2.38. The van der Waals surface area contributed by atoms with Crippen molar-refractivity contribution in [1.82, 2.24) is 4.90 Å². The Morgan fingerprint density at radius 1 is 1.19 bits per heavy atom. The molecule has 4 rings (SSSR count). The molecule has 0 saturated carbocycles. The number of hydrogen-bond donors (Lipinski definition) is 1. The van der Waals surface area contributed by atoms with Crippen molar-refractivity contribution in [2.24, 2.45) is 5.92 Å². The van der Waals surface area contributed by atoms with Crippen LogP contribution in [0.15, 0.2) is 42.5 Å². The van der Waals surface area contributed by atoms with Gasteiger partial charge in [0, 0.05) is 6.54 Å². The van der Waals surface area contributed by atoms with E-state index < -0.39 is 5.60 Å². The number of aromatic hydroxyl groups is 1. The van der Waals surface area contributed by atoms with Crippen LogP contribution in [-0.4, -0.2) is 54.7 Å². The number of benzene rings is 2. The van der Waals surface area contributed by atoms with Gasteiger partial charge in [-0.3, -0.25) is 4.79 Å². The van der Waals surface area contributed by atoms with E-state index in [0.717, 1.165) is 24.4 Å². The molecule has 2 aliphatic heterocycles. The number of carbonyl (C=O) groups excluding carboxylic acids is 1. The van der Waals surface area contributed by atoms with Crippen molar-refractivity contribution >= 4 is 17.9 Å². The first-order valence-corrected chi connectivity index (χ1v) is 12.8. The summed E-state index contributed by atoms with van der Waals surface area (Å²) in [7, 11) is 1.61. The largest absolute Gasteiger partial charge is 0.506 e. The van der Waals surface area contributed by atoms with Crippen LogP contribution in [0.4, 0.5) is 0 Å². The minimum atomic E-state index is -0.452. The standard InChI is InChI=1S/C30H37NO5/c1-21-13-17-31(18-14-21)16-5-19-35-27-10-7-22(20-28(27)34-4)6-9-25(32)23-8-11-26-24(29(23)33)12-15-30(2,3)36-26/h6-12,15,20-21,33H,5,13-14,16-19H2,1-4H3/b9-6+. The number of methoxy groups -OCH3 is 1. The first kappa shape index (κ1) is 25.8. The molecule has 2 heterocycles. The van der Waals surface area contributed by atoms with Crippen molar-refractivity contribution in [2.75, 3.05) is 33.4 Å². The van der Waals surface area contributed by atoms with E-state index in [2.05, 4.69) is 11.8 Å². The van der Waals surface area contributed by atoms with Crippen LogP contribution >= 0.6 is 0 Å². The second-order valence-electron chi connectivity index (χ2n) is 10.2. The van der Waals surface area contributed by atoms with Gasteiger partial charge in [0.2, 0.25) is 0 Å². The first-order valence-electron chi connectivity index (χ1n) is 12.8. The molecule has 1 saturated heterocycles. The van der Waals surface area contributed by atoms with Gasteiger partial charge in [0.25, 0.3) is 0 Å². The van der Waals surface area contributed by atoms with E-state index in [9.17, 15) is 9.90 Å². The van der Waals surface area contributed by atoms with Crippen LogP contribution in [0, 0.1) is 5.92 Å². The van der Waals surface area contributed by atoms with Gasteiger partial charge in [-0.2, -0.15) is 0 Å². The molecule has 2 aromatic carbocycles. The monoisotopic (exact) mass is 491 g/mol. The second kappa shape index (κ2) is 11.2. The molecule has 0 atom stereocenters. The third kappa shape index (κ3) is 6.30. The molecule has 2 aromatic rings. The third-order valence-corrected chi connectivity index (χ3v) is 6.83. The predicted octanol–water partition coefficient (Wildman–Crippen LogP) is 5.98.